The van der Waals surface area contributed by atoms with Gasteiger partial charge in [-0.05, 0) is 31.2 Å². The fraction of sp³-hybridized carbons (Fsp3) is 0.455. The number of hydrogen-bond acceptors (Lipinski definition) is 3. The van der Waals surface area contributed by atoms with E-state index < -0.39 is 0 Å². The molecule has 0 fully saturated rings. The number of hydrogen-bond donors (Lipinski definition) is 1. The van der Waals surface area contributed by atoms with Crippen molar-refractivity contribution in [3.63, 3.8) is 0 Å². The second kappa shape index (κ2) is 6.37. The van der Waals surface area contributed by atoms with E-state index in [0.29, 0.717) is 25.6 Å². The SMILES string of the molecule is CCOC[C@@H](N)COc1ccc(F)cc1. The summed E-state index contributed by atoms with van der Waals surface area (Å²) in [4.78, 5) is 0. The maximum atomic E-state index is 12.6. The van der Waals surface area contributed by atoms with Crippen LogP contribution in [0.2, 0.25) is 0 Å². The lowest BCUT2D eigenvalue weighted by molar-refractivity contribution is 0.115. The number of benzene rings is 1. The molecule has 0 unspecified atom stereocenters. The maximum absolute atomic E-state index is 12.6. The highest BCUT2D eigenvalue weighted by molar-refractivity contribution is 5.22. The van der Waals surface area contributed by atoms with E-state index >= 15 is 0 Å². The molecule has 1 atom stereocenters. The topological polar surface area (TPSA) is 44.5 Å². The first kappa shape index (κ1) is 11.9. The Kier molecular flexibility index (Phi) is 5.07. The van der Waals surface area contributed by atoms with Crippen LogP contribution in [0.1, 0.15) is 6.92 Å². The Labute approximate surface area is 89.0 Å². The molecule has 0 aliphatic heterocycles. The minimum atomic E-state index is -0.277. The third-order valence-corrected chi connectivity index (χ3v) is 1.81. The van der Waals surface area contributed by atoms with Gasteiger partial charge in [-0.1, -0.05) is 0 Å². The molecular formula is C11H16FNO2. The molecule has 2 N–H and O–H groups in total. The molecule has 0 heterocycles. The van der Waals surface area contributed by atoms with Gasteiger partial charge in [0.05, 0.1) is 12.6 Å². The van der Waals surface area contributed by atoms with Crippen LogP contribution in [0.25, 0.3) is 0 Å². The van der Waals surface area contributed by atoms with Crippen LogP contribution >= 0.6 is 0 Å². The number of ether oxygens (including phenoxy) is 2. The standard InChI is InChI=1S/C11H16FNO2/c1-2-14-7-10(13)8-15-11-5-3-9(12)4-6-11/h3-6,10H,2,7-8,13H2,1H3/t10-/m1/s1. The Balaban J connectivity index is 2.27. The molecule has 0 radical (unpaired) electrons. The van der Waals surface area contributed by atoms with E-state index in [1.54, 1.807) is 12.1 Å². The summed E-state index contributed by atoms with van der Waals surface area (Å²) < 4.78 is 23.0. The van der Waals surface area contributed by atoms with Crippen molar-refractivity contribution in [3.8, 4) is 5.75 Å². The Bertz CT molecular complexity index is 276. The van der Waals surface area contributed by atoms with Crippen LogP contribution in [-0.4, -0.2) is 25.9 Å². The molecule has 0 amide bonds. The molecule has 84 valence electrons. The van der Waals surface area contributed by atoms with Crippen molar-refractivity contribution < 1.29 is 13.9 Å². The first-order chi connectivity index (χ1) is 7.22. The quantitative estimate of drug-likeness (QED) is 0.780. The highest BCUT2D eigenvalue weighted by Gasteiger charge is 2.03. The van der Waals surface area contributed by atoms with Gasteiger partial charge in [-0.3, -0.25) is 0 Å². The Hall–Kier alpha value is -1.13. The molecule has 0 spiro atoms. The third kappa shape index (κ3) is 4.76. The largest absolute Gasteiger partial charge is 0.492 e. The van der Waals surface area contributed by atoms with Crippen molar-refractivity contribution in [2.24, 2.45) is 5.73 Å². The van der Waals surface area contributed by atoms with Gasteiger partial charge in [-0.2, -0.15) is 0 Å². The zero-order valence-corrected chi connectivity index (χ0v) is 8.78. The number of halogens is 1. The summed E-state index contributed by atoms with van der Waals surface area (Å²) in [5.74, 6) is 0.337. The van der Waals surface area contributed by atoms with Crippen LogP contribution in [0.3, 0.4) is 0 Å². The zero-order valence-electron chi connectivity index (χ0n) is 8.78. The predicted molar refractivity (Wildman–Crippen MR) is 56.4 cm³/mol. The lowest BCUT2D eigenvalue weighted by Crippen LogP contribution is -2.32. The van der Waals surface area contributed by atoms with Crippen molar-refractivity contribution in [1.29, 1.82) is 0 Å². The van der Waals surface area contributed by atoms with E-state index in [4.69, 9.17) is 15.2 Å². The summed E-state index contributed by atoms with van der Waals surface area (Å²) >= 11 is 0. The van der Waals surface area contributed by atoms with Gasteiger partial charge >= 0.3 is 0 Å². The summed E-state index contributed by atoms with van der Waals surface area (Å²) in [6.07, 6.45) is 0. The summed E-state index contributed by atoms with van der Waals surface area (Å²) in [6, 6.07) is 5.69. The Morgan fingerprint density at radius 1 is 1.27 bits per heavy atom. The molecule has 1 aromatic carbocycles. The van der Waals surface area contributed by atoms with Gasteiger partial charge in [0.15, 0.2) is 0 Å². The van der Waals surface area contributed by atoms with E-state index in [1.807, 2.05) is 6.92 Å². The molecule has 0 aliphatic carbocycles. The monoisotopic (exact) mass is 213 g/mol. The minimum absolute atomic E-state index is 0.157. The molecule has 4 heteroatoms. The van der Waals surface area contributed by atoms with Gasteiger partial charge in [0.1, 0.15) is 18.2 Å². The van der Waals surface area contributed by atoms with Gasteiger partial charge in [-0.15, -0.1) is 0 Å². The average molecular weight is 213 g/mol. The van der Waals surface area contributed by atoms with E-state index in [-0.39, 0.29) is 11.9 Å². The molecule has 0 aromatic heterocycles. The summed E-state index contributed by atoms with van der Waals surface area (Å²) in [7, 11) is 0. The average Bonchev–Trinajstić information content (AvgIpc) is 2.25. The summed E-state index contributed by atoms with van der Waals surface area (Å²) in [5, 5.41) is 0. The van der Waals surface area contributed by atoms with E-state index in [0.717, 1.165) is 0 Å². The Morgan fingerprint density at radius 2 is 1.93 bits per heavy atom. The lowest BCUT2D eigenvalue weighted by atomic mass is 10.3. The molecule has 0 saturated heterocycles. The van der Waals surface area contributed by atoms with Crippen LogP contribution in [0.5, 0.6) is 5.75 Å². The van der Waals surface area contributed by atoms with Gasteiger partial charge < -0.3 is 15.2 Å². The van der Waals surface area contributed by atoms with Gasteiger partial charge in [0.25, 0.3) is 0 Å². The number of nitrogens with two attached hydrogens (primary N) is 1. The highest BCUT2D eigenvalue weighted by atomic mass is 19.1. The predicted octanol–water partition coefficient (Wildman–Crippen LogP) is 1.57. The molecule has 3 nitrogen and oxygen atoms in total. The highest BCUT2D eigenvalue weighted by Crippen LogP contribution is 2.10. The second-order valence-electron chi connectivity index (χ2n) is 3.18. The van der Waals surface area contributed by atoms with Crippen molar-refractivity contribution in [3.05, 3.63) is 30.1 Å². The third-order valence-electron chi connectivity index (χ3n) is 1.81. The van der Waals surface area contributed by atoms with Crippen molar-refractivity contribution in [2.45, 2.75) is 13.0 Å². The first-order valence-electron chi connectivity index (χ1n) is 4.94. The molecule has 1 aromatic rings. The van der Waals surface area contributed by atoms with Gasteiger partial charge in [0.2, 0.25) is 0 Å². The smallest absolute Gasteiger partial charge is 0.123 e. The summed E-state index contributed by atoms with van der Waals surface area (Å²) in [6.45, 7) is 3.39. The lowest BCUT2D eigenvalue weighted by Gasteiger charge is -2.12. The van der Waals surface area contributed by atoms with Crippen LogP contribution in [0, 0.1) is 5.82 Å². The maximum Gasteiger partial charge on any atom is 0.123 e. The molecule has 0 aliphatic rings. The minimum Gasteiger partial charge on any atom is -0.492 e. The second-order valence-corrected chi connectivity index (χ2v) is 3.18. The van der Waals surface area contributed by atoms with Gasteiger partial charge in [0, 0.05) is 6.61 Å². The van der Waals surface area contributed by atoms with E-state index in [1.165, 1.54) is 12.1 Å². The van der Waals surface area contributed by atoms with Crippen LogP contribution in [0.15, 0.2) is 24.3 Å². The van der Waals surface area contributed by atoms with Gasteiger partial charge in [-0.25, -0.2) is 4.39 Å². The zero-order chi connectivity index (χ0) is 11.1. The van der Waals surface area contributed by atoms with E-state index in [9.17, 15) is 4.39 Å². The summed E-state index contributed by atoms with van der Waals surface area (Å²) in [5.41, 5.74) is 5.71. The first-order valence-corrected chi connectivity index (χ1v) is 4.94. The van der Waals surface area contributed by atoms with Crippen molar-refractivity contribution in [2.75, 3.05) is 19.8 Å². The molecule has 0 saturated carbocycles. The molecule has 15 heavy (non-hydrogen) atoms. The van der Waals surface area contributed by atoms with Crippen LogP contribution in [-0.2, 0) is 4.74 Å². The Morgan fingerprint density at radius 3 is 2.53 bits per heavy atom. The fourth-order valence-electron chi connectivity index (χ4n) is 1.05. The van der Waals surface area contributed by atoms with E-state index in [2.05, 4.69) is 0 Å². The molecule has 0 bridgehead atoms. The van der Waals surface area contributed by atoms with Crippen LogP contribution in [0.4, 0.5) is 4.39 Å². The van der Waals surface area contributed by atoms with Crippen molar-refractivity contribution in [1.82, 2.24) is 0 Å². The molecule has 1 rings (SSSR count). The van der Waals surface area contributed by atoms with Crippen LogP contribution < -0.4 is 10.5 Å². The van der Waals surface area contributed by atoms with Crippen molar-refractivity contribution >= 4 is 0 Å². The normalized spacial score (nSPS) is 12.5. The molecular weight excluding hydrogens is 197 g/mol. The number of rotatable bonds is 6. The fourth-order valence-corrected chi connectivity index (χ4v) is 1.05.